The van der Waals surface area contributed by atoms with Gasteiger partial charge in [-0.1, -0.05) is 43.2 Å². The van der Waals surface area contributed by atoms with Crippen LogP contribution in [0.3, 0.4) is 0 Å². The number of hydrogen-bond acceptors (Lipinski definition) is 2. The summed E-state index contributed by atoms with van der Waals surface area (Å²) < 4.78 is 6.34. The van der Waals surface area contributed by atoms with Crippen LogP contribution in [0.15, 0.2) is 30.3 Å². The third-order valence-corrected chi connectivity index (χ3v) is 4.88. The molecule has 0 amide bonds. The molecular weight excluding hydrogens is 234 g/mol. The van der Waals surface area contributed by atoms with Gasteiger partial charge in [0.1, 0.15) is 0 Å². The Balaban J connectivity index is 1.48. The number of ether oxygens (including phenoxy) is 1. The highest BCUT2D eigenvalue weighted by Gasteiger charge is 2.41. The van der Waals surface area contributed by atoms with E-state index in [1.54, 1.807) is 0 Å². The molecule has 1 saturated heterocycles. The molecule has 2 atom stereocenters. The Morgan fingerprint density at radius 2 is 1.89 bits per heavy atom. The summed E-state index contributed by atoms with van der Waals surface area (Å²) in [6.07, 6.45) is 10.4. The van der Waals surface area contributed by atoms with E-state index in [1.165, 1.54) is 44.1 Å². The van der Waals surface area contributed by atoms with Gasteiger partial charge in [-0.25, -0.2) is 0 Å². The maximum absolute atomic E-state index is 6.34. The van der Waals surface area contributed by atoms with E-state index in [9.17, 15) is 0 Å². The van der Waals surface area contributed by atoms with Gasteiger partial charge in [-0.15, -0.1) is 0 Å². The van der Waals surface area contributed by atoms with E-state index in [4.69, 9.17) is 10.5 Å². The first-order valence-electron chi connectivity index (χ1n) is 7.76. The summed E-state index contributed by atoms with van der Waals surface area (Å²) in [5.41, 5.74) is 7.77. The minimum Gasteiger partial charge on any atom is -0.372 e. The Kier molecular flexibility index (Phi) is 3.90. The van der Waals surface area contributed by atoms with Crippen molar-refractivity contribution < 1.29 is 4.74 Å². The standard InChI is InChI=1S/C17H25NO/c18-16(14-6-2-1-3-7-14)9-8-15-10-13-17(19-15)11-4-5-12-17/h1-3,6-7,15-16H,4-5,8-13,18H2. The SMILES string of the molecule is NC(CCC1CCC2(CCCC2)O1)c1ccccc1. The summed E-state index contributed by atoms with van der Waals surface area (Å²) >= 11 is 0. The maximum atomic E-state index is 6.34. The summed E-state index contributed by atoms with van der Waals surface area (Å²) in [6.45, 7) is 0. The van der Waals surface area contributed by atoms with Crippen LogP contribution in [0.5, 0.6) is 0 Å². The van der Waals surface area contributed by atoms with Gasteiger partial charge in [-0.3, -0.25) is 0 Å². The summed E-state index contributed by atoms with van der Waals surface area (Å²) in [4.78, 5) is 0. The highest BCUT2D eigenvalue weighted by Crippen LogP contribution is 2.44. The summed E-state index contributed by atoms with van der Waals surface area (Å²) in [6, 6.07) is 10.6. The smallest absolute Gasteiger partial charge is 0.0687 e. The minimum atomic E-state index is 0.157. The minimum absolute atomic E-state index is 0.157. The van der Waals surface area contributed by atoms with Crippen LogP contribution in [0.4, 0.5) is 0 Å². The Bertz CT molecular complexity index is 397. The van der Waals surface area contributed by atoms with Crippen molar-refractivity contribution in [1.82, 2.24) is 0 Å². The van der Waals surface area contributed by atoms with E-state index in [2.05, 4.69) is 24.3 Å². The lowest BCUT2D eigenvalue weighted by Crippen LogP contribution is -2.25. The van der Waals surface area contributed by atoms with Crippen LogP contribution in [0.25, 0.3) is 0 Å². The Morgan fingerprint density at radius 1 is 1.16 bits per heavy atom. The molecule has 1 aliphatic heterocycles. The van der Waals surface area contributed by atoms with Crippen molar-refractivity contribution in [3.8, 4) is 0 Å². The zero-order chi connectivity index (χ0) is 13.1. The summed E-state index contributed by atoms with van der Waals surface area (Å²) in [5.74, 6) is 0. The molecule has 2 heteroatoms. The van der Waals surface area contributed by atoms with E-state index in [-0.39, 0.29) is 11.6 Å². The topological polar surface area (TPSA) is 35.2 Å². The van der Waals surface area contributed by atoms with E-state index in [0.717, 1.165) is 12.8 Å². The van der Waals surface area contributed by atoms with Gasteiger partial charge in [-0.2, -0.15) is 0 Å². The first-order chi connectivity index (χ1) is 9.27. The van der Waals surface area contributed by atoms with Crippen LogP contribution in [0.1, 0.15) is 63.0 Å². The number of nitrogens with two attached hydrogens (primary N) is 1. The van der Waals surface area contributed by atoms with Crippen molar-refractivity contribution in [2.45, 2.75) is 69.1 Å². The van der Waals surface area contributed by atoms with Gasteiger partial charge in [0, 0.05) is 6.04 Å². The largest absolute Gasteiger partial charge is 0.372 e. The molecule has 104 valence electrons. The highest BCUT2D eigenvalue weighted by molar-refractivity contribution is 5.18. The first-order valence-corrected chi connectivity index (χ1v) is 7.76. The van der Waals surface area contributed by atoms with Crippen molar-refractivity contribution in [1.29, 1.82) is 0 Å². The Labute approximate surface area is 116 Å². The molecule has 2 aliphatic rings. The zero-order valence-corrected chi connectivity index (χ0v) is 11.7. The summed E-state index contributed by atoms with van der Waals surface area (Å²) in [5, 5.41) is 0. The van der Waals surface area contributed by atoms with Crippen molar-refractivity contribution in [3.63, 3.8) is 0 Å². The van der Waals surface area contributed by atoms with Crippen LogP contribution in [0, 0.1) is 0 Å². The average molecular weight is 259 g/mol. The van der Waals surface area contributed by atoms with Gasteiger partial charge in [0.2, 0.25) is 0 Å². The predicted octanol–water partition coefficient (Wildman–Crippen LogP) is 3.96. The lowest BCUT2D eigenvalue weighted by atomic mass is 9.97. The van der Waals surface area contributed by atoms with Crippen LogP contribution in [-0.2, 0) is 4.74 Å². The fraction of sp³-hybridized carbons (Fsp3) is 0.647. The van der Waals surface area contributed by atoms with E-state index < -0.39 is 0 Å². The Hall–Kier alpha value is -0.860. The molecule has 1 aromatic carbocycles. The van der Waals surface area contributed by atoms with Crippen molar-refractivity contribution in [2.24, 2.45) is 5.73 Å². The van der Waals surface area contributed by atoms with Gasteiger partial charge < -0.3 is 10.5 Å². The van der Waals surface area contributed by atoms with Crippen molar-refractivity contribution in [3.05, 3.63) is 35.9 Å². The van der Waals surface area contributed by atoms with Gasteiger partial charge in [0.15, 0.2) is 0 Å². The maximum Gasteiger partial charge on any atom is 0.0687 e. The van der Waals surface area contributed by atoms with E-state index in [0.29, 0.717) is 6.10 Å². The molecule has 3 rings (SSSR count). The molecular formula is C17H25NO. The molecule has 2 unspecified atom stereocenters. The van der Waals surface area contributed by atoms with Gasteiger partial charge in [0.25, 0.3) is 0 Å². The molecule has 0 radical (unpaired) electrons. The lowest BCUT2D eigenvalue weighted by molar-refractivity contribution is -0.0398. The average Bonchev–Trinajstić information content (AvgIpc) is 3.08. The second-order valence-corrected chi connectivity index (χ2v) is 6.26. The molecule has 0 aromatic heterocycles. The molecule has 1 heterocycles. The normalized spacial score (nSPS) is 26.9. The molecule has 1 aromatic rings. The van der Waals surface area contributed by atoms with E-state index >= 15 is 0 Å². The van der Waals surface area contributed by atoms with Gasteiger partial charge in [-0.05, 0) is 44.1 Å². The van der Waals surface area contributed by atoms with Crippen LogP contribution in [0.2, 0.25) is 0 Å². The van der Waals surface area contributed by atoms with Gasteiger partial charge in [0.05, 0.1) is 11.7 Å². The molecule has 1 saturated carbocycles. The second kappa shape index (κ2) is 5.64. The summed E-state index contributed by atoms with van der Waals surface area (Å²) in [7, 11) is 0. The molecule has 2 fully saturated rings. The fourth-order valence-corrected chi connectivity index (χ4v) is 3.72. The zero-order valence-electron chi connectivity index (χ0n) is 11.7. The number of benzene rings is 1. The predicted molar refractivity (Wildman–Crippen MR) is 77.9 cm³/mol. The van der Waals surface area contributed by atoms with Crippen LogP contribution < -0.4 is 5.73 Å². The Morgan fingerprint density at radius 3 is 2.63 bits per heavy atom. The van der Waals surface area contributed by atoms with E-state index in [1.807, 2.05) is 6.07 Å². The third kappa shape index (κ3) is 3.01. The number of hydrogen-bond donors (Lipinski definition) is 1. The van der Waals surface area contributed by atoms with Crippen molar-refractivity contribution in [2.75, 3.05) is 0 Å². The first kappa shape index (κ1) is 13.1. The quantitative estimate of drug-likeness (QED) is 0.888. The molecule has 19 heavy (non-hydrogen) atoms. The number of rotatable bonds is 4. The van der Waals surface area contributed by atoms with Crippen LogP contribution in [-0.4, -0.2) is 11.7 Å². The molecule has 2 N–H and O–H groups in total. The highest BCUT2D eigenvalue weighted by atomic mass is 16.5. The monoisotopic (exact) mass is 259 g/mol. The van der Waals surface area contributed by atoms with Crippen LogP contribution >= 0.6 is 0 Å². The lowest BCUT2D eigenvalue weighted by Gasteiger charge is -2.24. The van der Waals surface area contributed by atoms with Gasteiger partial charge >= 0.3 is 0 Å². The third-order valence-electron chi connectivity index (χ3n) is 4.88. The molecule has 1 spiro atoms. The fourth-order valence-electron chi connectivity index (χ4n) is 3.72. The molecule has 2 nitrogen and oxygen atoms in total. The molecule has 0 bridgehead atoms. The molecule has 1 aliphatic carbocycles. The van der Waals surface area contributed by atoms with Crippen molar-refractivity contribution >= 4 is 0 Å². The second-order valence-electron chi connectivity index (χ2n) is 6.26.